The average Bonchev–Trinajstić information content (AvgIpc) is 2.18. The lowest BCUT2D eigenvalue weighted by molar-refractivity contribution is -0.130. The van der Waals surface area contributed by atoms with Crippen molar-refractivity contribution in [1.29, 1.82) is 0 Å². The lowest BCUT2D eigenvalue weighted by Crippen LogP contribution is -2.50. The molecule has 2 rings (SSSR count). The molecule has 3 heteroatoms. The highest BCUT2D eigenvalue weighted by molar-refractivity contribution is 6.30. The van der Waals surface area contributed by atoms with Gasteiger partial charge >= 0.3 is 0 Å². The third kappa shape index (κ3) is 2.32. The SMILES string of the molecule is CC(C)NC(=O)C1(c2ccc(Cl)cc2)CCC1. The predicted molar refractivity (Wildman–Crippen MR) is 70.3 cm³/mol. The molecule has 1 aliphatic carbocycles. The molecule has 1 saturated carbocycles. The standard InChI is InChI=1S/C14H18ClNO/c1-10(2)16-13(17)14(8-3-9-14)11-4-6-12(15)7-5-11/h4-7,10H,3,8-9H2,1-2H3,(H,16,17). The van der Waals surface area contributed by atoms with Crippen molar-refractivity contribution in [2.45, 2.75) is 44.6 Å². The highest BCUT2D eigenvalue weighted by Gasteiger charge is 2.45. The maximum absolute atomic E-state index is 12.3. The molecule has 0 heterocycles. The van der Waals surface area contributed by atoms with E-state index in [0.29, 0.717) is 5.02 Å². The van der Waals surface area contributed by atoms with Crippen molar-refractivity contribution in [3.63, 3.8) is 0 Å². The Labute approximate surface area is 107 Å². The Hall–Kier alpha value is -1.02. The van der Waals surface area contributed by atoms with Crippen LogP contribution in [-0.4, -0.2) is 11.9 Å². The number of nitrogens with one attached hydrogen (secondary N) is 1. The number of amides is 1. The van der Waals surface area contributed by atoms with Crippen LogP contribution < -0.4 is 5.32 Å². The van der Waals surface area contributed by atoms with Gasteiger partial charge in [0.25, 0.3) is 0 Å². The maximum Gasteiger partial charge on any atom is 0.230 e. The summed E-state index contributed by atoms with van der Waals surface area (Å²) in [4.78, 5) is 12.3. The van der Waals surface area contributed by atoms with Crippen molar-refractivity contribution in [2.75, 3.05) is 0 Å². The van der Waals surface area contributed by atoms with Crippen molar-refractivity contribution < 1.29 is 4.79 Å². The predicted octanol–water partition coefficient (Wildman–Crippen LogP) is 3.29. The summed E-state index contributed by atoms with van der Waals surface area (Å²) in [7, 11) is 0. The van der Waals surface area contributed by atoms with Gasteiger partial charge in [-0.05, 0) is 44.4 Å². The van der Waals surface area contributed by atoms with Crippen LogP contribution in [0.15, 0.2) is 24.3 Å². The summed E-state index contributed by atoms with van der Waals surface area (Å²) in [6.07, 6.45) is 2.99. The van der Waals surface area contributed by atoms with Gasteiger partial charge in [-0.1, -0.05) is 30.2 Å². The fourth-order valence-electron chi connectivity index (χ4n) is 2.35. The molecular weight excluding hydrogens is 234 g/mol. The molecule has 2 nitrogen and oxygen atoms in total. The molecule has 0 radical (unpaired) electrons. The summed E-state index contributed by atoms with van der Waals surface area (Å²) < 4.78 is 0. The molecule has 1 N–H and O–H groups in total. The zero-order valence-corrected chi connectivity index (χ0v) is 11.1. The number of rotatable bonds is 3. The van der Waals surface area contributed by atoms with E-state index in [1.165, 1.54) is 0 Å². The fourth-order valence-corrected chi connectivity index (χ4v) is 2.47. The van der Waals surface area contributed by atoms with Crippen LogP contribution in [0.2, 0.25) is 5.02 Å². The monoisotopic (exact) mass is 251 g/mol. The van der Waals surface area contributed by atoms with Gasteiger partial charge in [0.05, 0.1) is 5.41 Å². The third-order valence-electron chi connectivity index (χ3n) is 3.46. The van der Waals surface area contributed by atoms with Crippen LogP contribution in [-0.2, 0) is 10.2 Å². The Bertz CT molecular complexity index is 407. The number of benzene rings is 1. The molecule has 0 aromatic heterocycles. The summed E-state index contributed by atoms with van der Waals surface area (Å²) in [5, 5.41) is 3.74. The van der Waals surface area contributed by atoms with Crippen molar-refractivity contribution in [3.8, 4) is 0 Å². The van der Waals surface area contributed by atoms with E-state index in [-0.39, 0.29) is 17.4 Å². The second-order valence-corrected chi connectivity index (χ2v) is 5.51. The quantitative estimate of drug-likeness (QED) is 0.878. The minimum atomic E-state index is -0.311. The minimum Gasteiger partial charge on any atom is -0.353 e. The smallest absolute Gasteiger partial charge is 0.230 e. The van der Waals surface area contributed by atoms with Gasteiger partial charge in [0.2, 0.25) is 5.91 Å². The van der Waals surface area contributed by atoms with E-state index in [4.69, 9.17) is 11.6 Å². The van der Waals surface area contributed by atoms with Gasteiger partial charge in [0.15, 0.2) is 0 Å². The van der Waals surface area contributed by atoms with Gasteiger partial charge in [0, 0.05) is 11.1 Å². The molecule has 0 atom stereocenters. The van der Waals surface area contributed by atoms with Crippen molar-refractivity contribution in [2.24, 2.45) is 0 Å². The van der Waals surface area contributed by atoms with Gasteiger partial charge in [-0.15, -0.1) is 0 Å². The lowest BCUT2D eigenvalue weighted by Gasteiger charge is -2.41. The normalized spacial score (nSPS) is 17.6. The van der Waals surface area contributed by atoms with E-state index in [1.54, 1.807) is 0 Å². The molecular formula is C14H18ClNO. The van der Waals surface area contributed by atoms with Crippen LogP contribution in [0.1, 0.15) is 38.7 Å². The number of carbonyl (C=O) groups excluding carboxylic acids is 1. The Kier molecular flexibility index (Phi) is 3.43. The van der Waals surface area contributed by atoms with E-state index in [0.717, 1.165) is 24.8 Å². The molecule has 1 aromatic carbocycles. The van der Waals surface area contributed by atoms with Crippen molar-refractivity contribution in [1.82, 2.24) is 5.32 Å². The Morgan fingerprint density at radius 3 is 2.29 bits per heavy atom. The topological polar surface area (TPSA) is 29.1 Å². The summed E-state index contributed by atoms with van der Waals surface area (Å²) in [5.41, 5.74) is 0.779. The highest BCUT2D eigenvalue weighted by atomic mass is 35.5. The van der Waals surface area contributed by atoms with Crippen LogP contribution in [0.3, 0.4) is 0 Å². The van der Waals surface area contributed by atoms with Gasteiger partial charge in [0.1, 0.15) is 0 Å². The molecule has 92 valence electrons. The second-order valence-electron chi connectivity index (χ2n) is 5.07. The first-order valence-corrected chi connectivity index (χ1v) is 6.49. The molecule has 0 aliphatic heterocycles. The Balaban J connectivity index is 2.25. The zero-order chi connectivity index (χ0) is 12.5. The molecule has 1 aromatic rings. The van der Waals surface area contributed by atoms with E-state index in [2.05, 4.69) is 5.32 Å². The maximum atomic E-state index is 12.3. The van der Waals surface area contributed by atoms with Crippen LogP contribution in [0.25, 0.3) is 0 Å². The molecule has 0 spiro atoms. The molecule has 1 aliphatic rings. The fraction of sp³-hybridized carbons (Fsp3) is 0.500. The average molecular weight is 252 g/mol. The number of hydrogen-bond acceptors (Lipinski definition) is 1. The minimum absolute atomic E-state index is 0.154. The Morgan fingerprint density at radius 2 is 1.88 bits per heavy atom. The molecule has 17 heavy (non-hydrogen) atoms. The molecule has 0 unspecified atom stereocenters. The van der Waals surface area contributed by atoms with Crippen LogP contribution in [0.5, 0.6) is 0 Å². The van der Waals surface area contributed by atoms with Gasteiger partial charge < -0.3 is 5.32 Å². The first-order valence-electron chi connectivity index (χ1n) is 6.11. The zero-order valence-electron chi connectivity index (χ0n) is 10.3. The van der Waals surface area contributed by atoms with E-state index in [1.807, 2.05) is 38.1 Å². The van der Waals surface area contributed by atoms with Crippen molar-refractivity contribution in [3.05, 3.63) is 34.9 Å². The summed E-state index contributed by atoms with van der Waals surface area (Å²) >= 11 is 5.89. The van der Waals surface area contributed by atoms with Gasteiger partial charge in [-0.3, -0.25) is 4.79 Å². The molecule has 0 saturated heterocycles. The van der Waals surface area contributed by atoms with E-state index < -0.39 is 0 Å². The number of hydrogen-bond donors (Lipinski definition) is 1. The largest absolute Gasteiger partial charge is 0.353 e. The van der Waals surface area contributed by atoms with Crippen LogP contribution in [0.4, 0.5) is 0 Å². The van der Waals surface area contributed by atoms with Crippen molar-refractivity contribution >= 4 is 17.5 Å². The molecule has 1 fully saturated rings. The van der Waals surface area contributed by atoms with Gasteiger partial charge in [-0.2, -0.15) is 0 Å². The summed E-state index contributed by atoms with van der Waals surface area (Å²) in [6.45, 7) is 3.98. The summed E-state index contributed by atoms with van der Waals surface area (Å²) in [6, 6.07) is 7.86. The Morgan fingerprint density at radius 1 is 1.29 bits per heavy atom. The van der Waals surface area contributed by atoms with Crippen LogP contribution in [0, 0.1) is 0 Å². The van der Waals surface area contributed by atoms with Crippen LogP contribution >= 0.6 is 11.6 Å². The van der Waals surface area contributed by atoms with Gasteiger partial charge in [-0.25, -0.2) is 0 Å². The first kappa shape index (κ1) is 12.4. The summed E-state index contributed by atoms with van der Waals surface area (Å²) in [5.74, 6) is 0.154. The first-order chi connectivity index (χ1) is 8.04. The third-order valence-corrected chi connectivity index (χ3v) is 3.71. The number of carbonyl (C=O) groups is 1. The molecule has 0 bridgehead atoms. The highest BCUT2D eigenvalue weighted by Crippen LogP contribution is 2.44. The second kappa shape index (κ2) is 4.69. The molecule has 1 amide bonds. The van der Waals surface area contributed by atoms with E-state index in [9.17, 15) is 4.79 Å². The lowest BCUT2D eigenvalue weighted by atomic mass is 9.63. The van der Waals surface area contributed by atoms with E-state index >= 15 is 0 Å². The number of halogens is 1.